The van der Waals surface area contributed by atoms with E-state index in [-0.39, 0.29) is 0 Å². The van der Waals surface area contributed by atoms with Gasteiger partial charge in [0.15, 0.2) is 0 Å². The maximum Gasteiger partial charge on any atom is 0.0931 e. The molecule has 0 bridgehead atoms. The smallest absolute Gasteiger partial charge is 0.0931 e. The Bertz CT molecular complexity index is 426. The van der Waals surface area contributed by atoms with Crippen molar-refractivity contribution in [2.75, 3.05) is 13.1 Å². The fourth-order valence-electron chi connectivity index (χ4n) is 3.63. The zero-order chi connectivity index (χ0) is 13.3. The Balaban J connectivity index is 1.76. The topological polar surface area (TPSA) is 15.3 Å². The Morgan fingerprint density at radius 3 is 2.84 bits per heavy atom. The van der Waals surface area contributed by atoms with E-state index in [1.807, 2.05) is 6.07 Å². The fourth-order valence-corrected chi connectivity index (χ4v) is 4.73. The molecule has 2 aliphatic rings. The van der Waals surface area contributed by atoms with Gasteiger partial charge in [-0.1, -0.05) is 31.4 Å². The van der Waals surface area contributed by atoms with Crippen LogP contribution < -0.4 is 5.32 Å². The van der Waals surface area contributed by atoms with Crippen LogP contribution in [-0.2, 0) is 6.54 Å². The molecular formula is C15H23ClN2S. The van der Waals surface area contributed by atoms with Gasteiger partial charge in [-0.15, -0.1) is 11.3 Å². The fraction of sp³-hybridized carbons (Fsp3) is 0.733. The highest BCUT2D eigenvalue weighted by Gasteiger charge is 2.43. The Hall–Kier alpha value is -0.0900. The molecule has 106 valence electrons. The van der Waals surface area contributed by atoms with E-state index >= 15 is 0 Å². The van der Waals surface area contributed by atoms with Gasteiger partial charge >= 0.3 is 0 Å². The van der Waals surface area contributed by atoms with E-state index in [2.05, 4.69) is 23.2 Å². The van der Waals surface area contributed by atoms with Crippen molar-refractivity contribution in [2.45, 2.75) is 57.2 Å². The van der Waals surface area contributed by atoms with Gasteiger partial charge < -0.3 is 5.32 Å². The summed E-state index contributed by atoms with van der Waals surface area (Å²) < 4.78 is 0.914. The van der Waals surface area contributed by atoms with Gasteiger partial charge in [0, 0.05) is 36.1 Å². The first-order valence-electron chi connectivity index (χ1n) is 7.44. The average Bonchev–Trinajstić information content (AvgIpc) is 3.03. The maximum atomic E-state index is 6.07. The van der Waals surface area contributed by atoms with Crippen molar-refractivity contribution in [1.29, 1.82) is 0 Å². The van der Waals surface area contributed by atoms with Crippen LogP contribution in [0, 0.1) is 0 Å². The van der Waals surface area contributed by atoms with Gasteiger partial charge in [-0.2, -0.15) is 0 Å². The minimum Gasteiger partial charge on any atom is -0.311 e. The molecule has 1 saturated heterocycles. The molecular weight excluding hydrogens is 276 g/mol. The maximum absolute atomic E-state index is 6.07. The number of nitrogens with zero attached hydrogens (tertiary/aromatic N) is 1. The van der Waals surface area contributed by atoms with E-state index < -0.39 is 0 Å². The van der Waals surface area contributed by atoms with Crippen LogP contribution in [0.1, 0.15) is 43.9 Å². The molecule has 2 nitrogen and oxygen atoms in total. The first-order valence-corrected chi connectivity index (χ1v) is 8.64. The summed E-state index contributed by atoms with van der Waals surface area (Å²) in [5.41, 5.74) is 0.419. The van der Waals surface area contributed by atoms with E-state index in [0.29, 0.717) is 11.6 Å². The summed E-state index contributed by atoms with van der Waals surface area (Å²) in [6, 6.07) is 4.88. The van der Waals surface area contributed by atoms with Crippen LogP contribution in [0.2, 0.25) is 4.34 Å². The zero-order valence-electron chi connectivity index (χ0n) is 11.6. The molecule has 19 heavy (non-hydrogen) atoms. The largest absolute Gasteiger partial charge is 0.311 e. The van der Waals surface area contributed by atoms with Crippen molar-refractivity contribution in [3.63, 3.8) is 0 Å². The van der Waals surface area contributed by atoms with Crippen LogP contribution in [0.15, 0.2) is 12.1 Å². The summed E-state index contributed by atoms with van der Waals surface area (Å²) in [5.74, 6) is 0. The molecule has 1 aliphatic carbocycles. The second-order valence-corrected chi connectivity index (χ2v) is 7.80. The van der Waals surface area contributed by atoms with Crippen LogP contribution >= 0.6 is 22.9 Å². The molecule has 1 aromatic heterocycles. The highest BCUT2D eigenvalue weighted by atomic mass is 35.5. The number of hydrogen-bond acceptors (Lipinski definition) is 3. The highest BCUT2D eigenvalue weighted by Crippen LogP contribution is 2.38. The average molecular weight is 299 g/mol. The van der Waals surface area contributed by atoms with Crippen molar-refractivity contribution < 1.29 is 0 Å². The lowest BCUT2D eigenvalue weighted by Crippen LogP contribution is -2.62. The van der Waals surface area contributed by atoms with E-state index in [4.69, 9.17) is 11.6 Å². The summed E-state index contributed by atoms with van der Waals surface area (Å²) in [4.78, 5) is 4.15. The Kier molecular flexibility index (Phi) is 4.18. The van der Waals surface area contributed by atoms with Crippen LogP contribution in [0.4, 0.5) is 0 Å². The van der Waals surface area contributed by atoms with Crippen LogP contribution in [-0.4, -0.2) is 29.6 Å². The van der Waals surface area contributed by atoms with Crippen molar-refractivity contribution >= 4 is 22.9 Å². The molecule has 1 unspecified atom stereocenters. The molecule has 0 aromatic carbocycles. The normalized spacial score (nSPS) is 27.2. The van der Waals surface area contributed by atoms with Gasteiger partial charge in [-0.05, 0) is 31.4 Å². The van der Waals surface area contributed by atoms with Crippen molar-refractivity contribution in [3.05, 3.63) is 21.3 Å². The molecule has 2 fully saturated rings. The minimum atomic E-state index is 0.419. The lowest BCUT2D eigenvalue weighted by atomic mass is 9.90. The zero-order valence-corrected chi connectivity index (χ0v) is 13.2. The number of nitrogens with one attached hydrogen (secondary N) is 1. The number of piperazine rings is 1. The molecule has 1 N–H and O–H groups in total. The van der Waals surface area contributed by atoms with Crippen molar-refractivity contribution in [3.8, 4) is 0 Å². The summed E-state index contributed by atoms with van der Waals surface area (Å²) in [7, 11) is 0. The summed E-state index contributed by atoms with van der Waals surface area (Å²) in [6.45, 7) is 5.72. The van der Waals surface area contributed by atoms with Crippen molar-refractivity contribution in [2.24, 2.45) is 0 Å². The monoisotopic (exact) mass is 298 g/mol. The van der Waals surface area contributed by atoms with E-state index in [9.17, 15) is 0 Å². The van der Waals surface area contributed by atoms with Gasteiger partial charge in [0.2, 0.25) is 0 Å². The van der Waals surface area contributed by atoms with Gasteiger partial charge in [-0.25, -0.2) is 0 Å². The third-order valence-electron chi connectivity index (χ3n) is 4.83. The van der Waals surface area contributed by atoms with Crippen LogP contribution in [0.5, 0.6) is 0 Å². The van der Waals surface area contributed by atoms with Gasteiger partial charge in [0.25, 0.3) is 0 Å². The number of rotatable bonds is 3. The van der Waals surface area contributed by atoms with Gasteiger partial charge in [0.1, 0.15) is 0 Å². The lowest BCUT2D eigenvalue weighted by Gasteiger charge is -2.48. The minimum absolute atomic E-state index is 0.419. The second kappa shape index (κ2) is 5.72. The molecule has 3 rings (SSSR count). The van der Waals surface area contributed by atoms with E-state index in [1.165, 1.54) is 50.1 Å². The van der Waals surface area contributed by atoms with Gasteiger partial charge in [0.05, 0.1) is 4.34 Å². The highest BCUT2D eigenvalue weighted by molar-refractivity contribution is 7.16. The molecule has 2 heterocycles. The van der Waals surface area contributed by atoms with Crippen LogP contribution in [0.3, 0.4) is 0 Å². The summed E-state index contributed by atoms with van der Waals surface area (Å²) >= 11 is 7.81. The van der Waals surface area contributed by atoms with Crippen molar-refractivity contribution in [1.82, 2.24) is 10.2 Å². The first kappa shape index (κ1) is 13.9. The molecule has 1 spiro atoms. The Morgan fingerprint density at radius 1 is 1.42 bits per heavy atom. The molecule has 1 aliphatic heterocycles. The Morgan fingerprint density at radius 2 is 2.21 bits per heavy atom. The lowest BCUT2D eigenvalue weighted by molar-refractivity contribution is 0.0358. The number of hydrogen-bond donors (Lipinski definition) is 1. The SMILES string of the molecule is CCC1CN(Cc2ccc(Cl)s2)C2(CCCC2)CN1. The third-order valence-corrected chi connectivity index (χ3v) is 6.05. The molecule has 1 aromatic rings. The third kappa shape index (κ3) is 2.85. The number of halogens is 1. The molecule has 4 heteroatoms. The predicted molar refractivity (Wildman–Crippen MR) is 83.0 cm³/mol. The van der Waals surface area contributed by atoms with Crippen LogP contribution in [0.25, 0.3) is 0 Å². The summed E-state index contributed by atoms with van der Waals surface area (Å²) in [6.07, 6.45) is 6.71. The quantitative estimate of drug-likeness (QED) is 0.910. The second-order valence-electron chi connectivity index (χ2n) is 6.00. The number of thiophene rings is 1. The molecule has 1 atom stereocenters. The Labute approximate surface area is 125 Å². The standard InChI is InChI=1S/C15H23ClN2S/c1-2-12-9-18(10-13-5-6-14(16)19-13)15(11-17-12)7-3-4-8-15/h5-6,12,17H,2-4,7-11H2,1H3. The molecule has 0 amide bonds. The molecule has 1 saturated carbocycles. The van der Waals surface area contributed by atoms with E-state index in [1.54, 1.807) is 11.3 Å². The van der Waals surface area contributed by atoms with E-state index in [0.717, 1.165) is 10.9 Å². The predicted octanol–water partition coefficient (Wildman–Crippen LogP) is 3.90. The summed E-state index contributed by atoms with van der Waals surface area (Å²) in [5, 5.41) is 3.76. The molecule has 0 radical (unpaired) electrons. The van der Waals surface area contributed by atoms with Gasteiger partial charge in [-0.3, -0.25) is 4.90 Å². The first-order chi connectivity index (χ1) is 9.22.